The third-order valence-electron chi connectivity index (χ3n) is 5.51. The molecule has 0 amide bonds. The van der Waals surface area contributed by atoms with E-state index in [1.807, 2.05) is 12.1 Å². The van der Waals surface area contributed by atoms with Crippen molar-refractivity contribution in [2.45, 2.75) is 24.9 Å². The molecular formula is C20H25N3O4. The maximum atomic E-state index is 6.33. The zero-order valence-corrected chi connectivity index (χ0v) is 16.0. The van der Waals surface area contributed by atoms with E-state index in [4.69, 9.17) is 18.9 Å². The van der Waals surface area contributed by atoms with Gasteiger partial charge in [0.15, 0.2) is 0 Å². The Labute approximate surface area is 159 Å². The summed E-state index contributed by atoms with van der Waals surface area (Å²) in [6, 6.07) is 8.50. The zero-order chi connectivity index (χ0) is 18.9. The molecule has 1 aromatic heterocycles. The molecule has 0 unspecified atom stereocenters. The molecule has 0 bridgehead atoms. The average molecular weight is 371 g/mol. The van der Waals surface area contributed by atoms with Gasteiger partial charge in [-0.25, -0.2) is 0 Å². The van der Waals surface area contributed by atoms with Crippen LogP contribution in [0.3, 0.4) is 0 Å². The van der Waals surface area contributed by atoms with Crippen molar-refractivity contribution in [3.05, 3.63) is 35.4 Å². The minimum atomic E-state index is -0.225. The number of anilines is 1. The molecule has 1 fully saturated rings. The van der Waals surface area contributed by atoms with Crippen LogP contribution in [-0.4, -0.2) is 51.0 Å². The first-order valence-corrected chi connectivity index (χ1v) is 9.21. The molecule has 3 heterocycles. The summed E-state index contributed by atoms with van der Waals surface area (Å²) in [5.41, 5.74) is 2.41. The Morgan fingerprint density at radius 1 is 1.00 bits per heavy atom. The minimum Gasteiger partial charge on any atom is -0.497 e. The van der Waals surface area contributed by atoms with Gasteiger partial charge in [0.25, 0.3) is 0 Å². The number of rotatable bonds is 4. The van der Waals surface area contributed by atoms with Gasteiger partial charge in [0.2, 0.25) is 5.88 Å². The molecule has 1 saturated heterocycles. The Kier molecular flexibility index (Phi) is 4.78. The summed E-state index contributed by atoms with van der Waals surface area (Å²) in [5, 5.41) is 0. The van der Waals surface area contributed by atoms with E-state index < -0.39 is 0 Å². The van der Waals surface area contributed by atoms with Crippen molar-refractivity contribution in [2.75, 3.05) is 45.9 Å². The SMILES string of the molecule is COc1ccc2c(c1)CCOC21CCN(c2cc(OC)nc(OC)n2)CC1. The molecule has 144 valence electrons. The average Bonchev–Trinajstić information content (AvgIpc) is 2.73. The number of fused-ring (bicyclic) bond motifs is 2. The van der Waals surface area contributed by atoms with E-state index in [1.165, 1.54) is 11.1 Å². The van der Waals surface area contributed by atoms with E-state index in [-0.39, 0.29) is 5.60 Å². The number of methoxy groups -OCH3 is 3. The molecule has 27 heavy (non-hydrogen) atoms. The summed E-state index contributed by atoms with van der Waals surface area (Å²) in [4.78, 5) is 10.9. The number of nitrogens with zero attached hydrogens (tertiary/aromatic N) is 3. The van der Waals surface area contributed by atoms with E-state index >= 15 is 0 Å². The van der Waals surface area contributed by atoms with E-state index in [9.17, 15) is 0 Å². The largest absolute Gasteiger partial charge is 0.497 e. The molecule has 0 aliphatic carbocycles. The highest BCUT2D eigenvalue weighted by Crippen LogP contribution is 2.43. The number of hydrogen-bond acceptors (Lipinski definition) is 7. The summed E-state index contributed by atoms with van der Waals surface area (Å²) in [7, 11) is 4.86. The second-order valence-corrected chi connectivity index (χ2v) is 6.86. The van der Waals surface area contributed by atoms with Crippen LogP contribution in [0.5, 0.6) is 17.6 Å². The number of benzene rings is 1. The van der Waals surface area contributed by atoms with Gasteiger partial charge in [-0.05, 0) is 42.5 Å². The summed E-state index contributed by atoms with van der Waals surface area (Å²) >= 11 is 0. The van der Waals surface area contributed by atoms with Crippen molar-refractivity contribution in [3.8, 4) is 17.6 Å². The van der Waals surface area contributed by atoms with Crippen molar-refractivity contribution >= 4 is 5.82 Å². The van der Waals surface area contributed by atoms with Crippen molar-refractivity contribution in [2.24, 2.45) is 0 Å². The van der Waals surface area contributed by atoms with Crippen LogP contribution >= 0.6 is 0 Å². The van der Waals surface area contributed by atoms with Gasteiger partial charge in [-0.2, -0.15) is 9.97 Å². The molecule has 1 aromatic carbocycles. The molecule has 7 nitrogen and oxygen atoms in total. The lowest BCUT2D eigenvalue weighted by Gasteiger charge is -2.45. The third kappa shape index (κ3) is 3.27. The topological polar surface area (TPSA) is 65.9 Å². The molecule has 2 aromatic rings. The lowest BCUT2D eigenvalue weighted by molar-refractivity contribution is -0.0767. The lowest BCUT2D eigenvalue weighted by atomic mass is 9.79. The molecular weight excluding hydrogens is 346 g/mol. The van der Waals surface area contributed by atoms with Crippen molar-refractivity contribution < 1.29 is 18.9 Å². The number of piperidine rings is 1. The van der Waals surface area contributed by atoms with Gasteiger partial charge in [-0.15, -0.1) is 0 Å². The Hall–Kier alpha value is -2.54. The predicted molar refractivity (Wildman–Crippen MR) is 101 cm³/mol. The predicted octanol–water partition coefficient (Wildman–Crippen LogP) is 2.57. The maximum absolute atomic E-state index is 6.33. The van der Waals surface area contributed by atoms with Crippen molar-refractivity contribution in [1.82, 2.24) is 9.97 Å². The Bertz CT molecular complexity index is 797. The van der Waals surface area contributed by atoms with Gasteiger partial charge < -0.3 is 23.8 Å². The second kappa shape index (κ2) is 7.23. The monoisotopic (exact) mass is 371 g/mol. The first kappa shape index (κ1) is 17.9. The van der Waals surface area contributed by atoms with E-state index in [2.05, 4.69) is 27.0 Å². The smallest absolute Gasteiger partial charge is 0.321 e. The molecule has 7 heteroatoms. The van der Waals surface area contributed by atoms with Crippen LogP contribution in [0.4, 0.5) is 5.82 Å². The molecule has 0 atom stereocenters. The van der Waals surface area contributed by atoms with Crippen LogP contribution in [0.1, 0.15) is 24.0 Å². The molecule has 1 spiro atoms. The third-order valence-corrected chi connectivity index (χ3v) is 5.51. The molecule has 2 aliphatic heterocycles. The summed E-state index contributed by atoms with van der Waals surface area (Å²) in [5.74, 6) is 2.23. The zero-order valence-electron chi connectivity index (χ0n) is 16.0. The summed E-state index contributed by atoms with van der Waals surface area (Å²) in [6.07, 6.45) is 2.74. The van der Waals surface area contributed by atoms with Crippen molar-refractivity contribution in [3.63, 3.8) is 0 Å². The first-order valence-electron chi connectivity index (χ1n) is 9.21. The van der Waals surface area contributed by atoms with Crippen molar-refractivity contribution in [1.29, 1.82) is 0 Å². The summed E-state index contributed by atoms with van der Waals surface area (Å²) < 4.78 is 22.2. The minimum absolute atomic E-state index is 0.225. The normalized spacial score (nSPS) is 18.1. The van der Waals surface area contributed by atoms with Gasteiger partial charge in [0, 0.05) is 19.2 Å². The Morgan fingerprint density at radius 2 is 1.81 bits per heavy atom. The van der Waals surface area contributed by atoms with E-state index in [1.54, 1.807) is 21.3 Å². The van der Waals surface area contributed by atoms with Gasteiger partial charge >= 0.3 is 6.01 Å². The van der Waals surface area contributed by atoms with Crippen LogP contribution < -0.4 is 19.1 Å². The fourth-order valence-electron chi connectivity index (χ4n) is 4.04. The van der Waals surface area contributed by atoms with Crippen LogP contribution in [0, 0.1) is 0 Å². The molecule has 0 saturated carbocycles. The fourth-order valence-corrected chi connectivity index (χ4v) is 4.04. The molecule has 0 N–H and O–H groups in total. The van der Waals surface area contributed by atoms with E-state index in [0.717, 1.165) is 50.5 Å². The Balaban J connectivity index is 1.56. The van der Waals surface area contributed by atoms with Gasteiger partial charge in [0.05, 0.1) is 33.5 Å². The quantitative estimate of drug-likeness (QED) is 0.818. The van der Waals surface area contributed by atoms with Gasteiger partial charge in [-0.3, -0.25) is 0 Å². The number of aromatic nitrogens is 2. The summed E-state index contributed by atoms with van der Waals surface area (Å²) in [6.45, 7) is 2.43. The molecule has 0 radical (unpaired) electrons. The van der Waals surface area contributed by atoms with Gasteiger partial charge in [-0.1, -0.05) is 6.07 Å². The standard InChI is InChI=1S/C20H25N3O4/c1-24-15-4-5-16-14(12-15)6-11-27-20(16)7-9-23(10-8-20)17-13-18(25-2)22-19(21-17)26-3/h4-5,12-13H,6-11H2,1-3H3. The van der Waals surface area contributed by atoms with Gasteiger partial charge in [0.1, 0.15) is 11.6 Å². The number of hydrogen-bond donors (Lipinski definition) is 0. The van der Waals surface area contributed by atoms with E-state index in [0.29, 0.717) is 11.9 Å². The Morgan fingerprint density at radius 3 is 2.52 bits per heavy atom. The second-order valence-electron chi connectivity index (χ2n) is 6.86. The lowest BCUT2D eigenvalue weighted by Crippen LogP contribution is -2.47. The fraction of sp³-hybridized carbons (Fsp3) is 0.500. The molecule has 4 rings (SSSR count). The highest BCUT2D eigenvalue weighted by atomic mass is 16.5. The maximum Gasteiger partial charge on any atom is 0.321 e. The van der Waals surface area contributed by atoms with Crippen LogP contribution in [0.25, 0.3) is 0 Å². The highest BCUT2D eigenvalue weighted by Gasteiger charge is 2.41. The molecule has 2 aliphatic rings. The number of ether oxygens (including phenoxy) is 4. The first-order chi connectivity index (χ1) is 13.2. The van der Waals surface area contributed by atoms with Crippen LogP contribution in [0.15, 0.2) is 24.3 Å². The van der Waals surface area contributed by atoms with Crippen LogP contribution in [-0.2, 0) is 16.8 Å². The highest BCUT2D eigenvalue weighted by molar-refractivity contribution is 5.46. The van der Waals surface area contributed by atoms with Crippen LogP contribution in [0.2, 0.25) is 0 Å².